The maximum atomic E-state index is 13.0. The molecule has 1 aromatic carbocycles. The molecule has 0 bridgehead atoms. The molecular weight excluding hydrogens is 552 g/mol. The number of rotatable bonds is 4. The van der Waals surface area contributed by atoms with Crippen molar-refractivity contribution >= 4 is 46.9 Å². The van der Waals surface area contributed by atoms with Gasteiger partial charge in [0, 0.05) is 41.4 Å². The number of amides is 2. The molecule has 3 atom stereocenters. The Bertz CT molecular complexity index is 1140. The number of fused-ring (bicyclic) bond motifs is 1. The zero-order chi connectivity index (χ0) is 28.8. The van der Waals surface area contributed by atoms with Gasteiger partial charge in [0.1, 0.15) is 11.4 Å². The van der Waals surface area contributed by atoms with Gasteiger partial charge in [-0.3, -0.25) is 19.9 Å². The van der Waals surface area contributed by atoms with Gasteiger partial charge in [-0.15, -0.1) is 0 Å². The molecule has 2 heterocycles. The van der Waals surface area contributed by atoms with E-state index in [2.05, 4.69) is 10.6 Å². The highest BCUT2D eigenvalue weighted by Gasteiger charge is 2.48. The van der Waals surface area contributed by atoms with Gasteiger partial charge in [-0.25, -0.2) is 4.79 Å². The van der Waals surface area contributed by atoms with Crippen LogP contribution in [0.15, 0.2) is 12.1 Å². The fourth-order valence-corrected chi connectivity index (χ4v) is 5.05. The van der Waals surface area contributed by atoms with Crippen molar-refractivity contribution in [3.63, 3.8) is 0 Å². The van der Waals surface area contributed by atoms with Gasteiger partial charge in [0.2, 0.25) is 11.8 Å². The number of nitrogens with one attached hydrogen (secondary N) is 3. The van der Waals surface area contributed by atoms with E-state index in [0.717, 1.165) is 5.56 Å². The Morgan fingerprint density at radius 2 is 1.87 bits per heavy atom. The molecule has 14 heteroatoms. The molecule has 4 N–H and O–H groups in total. The fourth-order valence-electron chi connectivity index (χ4n) is 4.50. The van der Waals surface area contributed by atoms with Gasteiger partial charge in [-0.2, -0.15) is 13.2 Å². The second-order valence-electron chi connectivity index (χ2n) is 10.9. The van der Waals surface area contributed by atoms with E-state index >= 15 is 0 Å². The van der Waals surface area contributed by atoms with E-state index in [1.807, 2.05) is 27.7 Å². The molecule has 9 nitrogen and oxygen atoms in total. The zero-order valence-electron chi connectivity index (χ0n) is 21.1. The number of nitrogens with zero attached hydrogens (tertiary/aromatic N) is 1. The Hall–Kier alpha value is -2.73. The van der Waals surface area contributed by atoms with Crippen LogP contribution in [0.5, 0.6) is 5.75 Å². The fraction of sp³-hybridized carbons (Fsp3) is 0.583. The SMILES string of the molecule is CC1(C)CC(=O)N(C[C@@H]2C[C@H]2C(=O)NC2CC(C)(C)Oc3c(Cl)cc(Cl)cc32)C(=N)N1.O=C(O)C(F)(F)F. The second-order valence-corrected chi connectivity index (χ2v) is 11.7. The van der Waals surface area contributed by atoms with Gasteiger partial charge in [-0.1, -0.05) is 23.2 Å². The van der Waals surface area contributed by atoms with Gasteiger partial charge >= 0.3 is 12.1 Å². The molecule has 1 saturated carbocycles. The minimum atomic E-state index is -5.08. The number of carbonyl (C=O) groups is 3. The molecule has 0 aromatic heterocycles. The maximum Gasteiger partial charge on any atom is 0.490 e. The maximum absolute atomic E-state index is 13.0. The molecule has 2 amide bonds. The molecule has 2 aliphatic heterocycles. The summed E-state index contributed by atoms with van der Waals surface area (Å²) in [5.74, 6) is -2.37. The average Bonchev–Trinajstić information content (AvgIpc) is 3.50. The molecule has 2 fully saturated rings. The van der Waals surface area contributed by atoms with E-state index < -0.39 is 23.3 Å². The summed E-state index contributed by atoms with van der Waals surface area (Å²) in [6.45, 7) is 8.10. The van der Waals surface area contributed by atoms with Gasteiger partial charge in [0.05, 0.1) is 11.1 Å². The van der Waals surface area contributed by atoms with Crippen LogP contribution in [-0.2, 0) is 14.4 Å². The molecule has 1 aliphatic carbocycles. The van der Waals surface area contributed by atoms with Crippen LogP contribution in [0.4, 0.5) is 13.2 Å². The predicted octanol–water partition coefficient (Wildman–Crippen LogP) is 4.52. The molecule has 0 radical (unpaired) electrons. The highest BCUT2D eigenvalue weighted by molar-refractivity contribution is 6.35. The first-order valence-electron chi connectivity index (χ1n) is 11.8. The molecular formula is C24H29Cl2F3N4O5. The van der Waals surface area contributed by atoms with Crippen molar-refractivity contribution < 1.29 is 37.4 Å². The molecule has 1 unspecified atom stereocenters. The van der Waals surface area contributed by atoms with Gasteiger partial charge < -0.3 is 20.5 Å². The lowest BCUT2D eigenvalue weighted by atomic mass is 9.89. The Morgan fingerprint density at radius 3 is 2.42 bits per heavy atom. The third-order valence-electron chi connectivity index (χ3n) is 6.34. The van der Waals surface area contributed by atoms with Crippen LogP contribution < -0.4 is 15.4 Å². The minimum Gasteiger partial charge on any atom is -0.486 e. The molecule has 0 spiro atoms. The third-order valence-corrected chi connectivity index (χ3v) is 6.84. The highest BCUT2D eigenvalue weighted by Crippen LogP contribution is 2.46. The topological polar surface area (TPSA) is 132 Å². The lowest BCUT2D eigenvalue weighted by molar-refractivity contribution is -0.192. The van der Waals surface area contributed by atoms with Crippen molar-refractivity contribution in [2.24, 2.45) is 11.8 Å². The Balaban J connectivity index is 0.000000505. The smallest absolute Gasteiger partial charge is 0.486 e. The number of hydrogen-bond acceptors (Lipinski definition) is 5. The number of alkyl halides is 3. The molecule has 3 aliphatic rings. The zero-order valence-corrected chi connectivity index (χ0v) is 22.6. The predicted molar refractivity (Wildman–Crippen MR) is 133 cm³/mol. The molecule has 4 rings (SSSR count). The van der Waals surface area contributed by atoms with Gasteiger partial charge in [-0.05, 0) is 52.2 Å². The molecule has 38 heavy (non-hydrogen) atoms. The normalized spacial score (nSPS) is 25.2. The lowest BCUT2D eigenvalue weighted by Crippen LogP contribution is -2.60. The van der Waals surface area contributed by atoms with Crippen LogP contribution in [0.2, 0.25) is 10.0 Å². The number of guanidine groups is 1. The number of carbonyl (C=O) groups excluding carboxylic acids is 2. The highest BCUT2D eigenvalue weighted by atomic mass is 35.5. The summed E-state index contributed by atoms with van der Waals surface area (Å²) < 4.78 is 37.8. The van der Waals surface area contributed by atoms with Crippen LogP contribution in [-0.4, -0.2) is 57.6 Å². The number of aliphatic carboxylic acids is 1. The summed E-state index contributed by atoms with van der Waals surface area (Å²) in [5, 5.41) is 22.4. The minimum absolute atomic E-state index is 0.0441. The first kappa shape index (κ1) is 29.8. The first-order chi connectivity index (χ1) is 17.3. The van der Waals surface area contributed by atoms with E-state index in [1.165, 1.54) is 4.90 Å². The molecule has 210 valence electrons. The van der Waals surface area contributed by atoms with Gasteiger partial charge in [0.15, 0.2) is 5.96 Å². The number of carboxylic acid groups (broad SMARTS) is 1. The van der Waals surface area contributed by atoms with E-state index in [4.69, 9.17) is 43.2 Å². The van der Waals surface area contributed by atoms with Gasteiger partial charge in [0.25, 0.3) is 0 Å². The number of carboxylic acids is 1. The van der Waals surface area contributed by atoms with Crippen molar-refractivity contribution in [3.8, 4) is 5.75 Å². The van der Waals surface area contributed by atoms with E-state index in [9.17, 15) is 22.8 Å². The molecule has 1 aromatic rings. The van der Waals surface area contributed by atoms with E-state index in [-0.39, 0.29) is 35.7 Å². The standard InChI is InChI=1S/C22H28Cl2N4O3.C2HF3O2/c1-21(2)9-17(29)28(20(25)27-21)10-11-5-13(11)19(30)26-16-8-22(3,4)31-18-14(16)6-12(23)7-15(18)24;3-2(4,5)1(6)7/h6-7,11,13,16H,5,8-10H2,1-4H3,(H2,25,27)(H,26,30);(H,6,7)/t11-,13+,16?;/m0./s1. The summed E-state index contributed by atoms with van der Waals surface area (Å²) >= 11 is 12.5. The monoisotopic (exact) mass is 580 g/mol. The van der Waals surface area contributed by atoms with E-state index in [0.29, 0.717) is 41.6 Å². The van der Waals surface area contributed by atoms with Crippen molar-refractivity contribution in [3.05, 3.63) is 27.7 Å². The third kappa shape index (κ3) is 7.22. The van der Waals surface area contributed by atoms with Crippen molar-refractivity contribution in [2.75, 3.05) is 6.54 Å². The first-order valence-corrected chi connectivity index (χ1v) is 12.5. The summed E-state index contributed by atoms with van der Waals surface area (Å²) in [4.78, 5) is 35.8. The number of benzene rings is 1. The van der Waals surface area contributed by atoms with Crippen LogP contribution in [0.25, 0.3) is 0 Å². The van der Waals surface area contributed by atoms with Crippen molar-refractivity contribution in [1.29, 1.82) is 5.41 Å². The Kier molecular flexibility index (Phi) is 8.19. The van der Waals surface area contributed by atoms with E-state index in [1.54, 1.807) is 12.1 Å². The van der Waals surface area contributed by atoms with Crippen LogP contribution in [0.1, 0.15) is 58.6 Å². The quantitative estimate of drug-likeness (QED) is 0.414. The number of hydrogen-bond donors (Lipinski definition) is 4. The van der Waals surface area contributed by atoms with Crippen LogP contribution >= 0.6 is 23.2 Å². The lowest BCUT2D eigenvalue weighted by Gasteiger charge is -2.39. The molecule has 1 saturated heterocycles. The van der Waals surface area contributed by atoms with Crippen molar-refractivity contribution in [2.45, 2.75) is 70.3 Å². The second kappa shape index (κ2) is 10.4. The summed E-state index contributed by atoms with van der Waals surface area (Å²) in [6, 6.07) is 3.16. The van der Waals surface area contributed by atoms with Crippen LogP contribution in [0, 0.1) is 17.2 Å². The summed E-state index contributed by atoms with van der Waals surface area (Å²) in [7, 11) is 0. The summed E-state index contributed by atoms with van der Waals surface area (Å²) in [5.41, 5.74) is -0.127. The Morgan fingerprint density at radius 1 is 1.26 bits per heavy atom. The van der Waals surface area contributed by atoms with Crippen LogP contribution in [0.3, 0.4) is 0 Å². The Labute approximate surface area is 227 Å². The van der Waals surface area contributed by atoms with Crippen molar-refractivity contribution in [1.82, 2.24) is 15.5 Å². The largest absolute Gasteiger partial charge is 0.490 e. The number of ether oxygens (including phenoxy) is 1. The summed E-state index contributed by atoms with van der Waals surface area (Å²) in [6.07, 6.45) is -3.47. The number of halogens is 5. The average molecular weight is 581 g/mol.